The first-order chi connectivity index (χ1) is 11.7. The van der Waals surface area contributed by atoms with Crippen molar-refractivity contribution in [3.8, 4) is 5.88 Å². The molecule has 0 aliphatic carbocycles. The van der Waals surface area contributed by atoms with Crippen LogP contribution in [-0.4, -0.2) is 28.6 Å². The number of aromatic nitrogens is 1. The maximum atomic E-state index is 12.1. The molecule has 2 aromatic rings. The summed E-state index contributed by atoms with van der Waals surface area (Å²) in [6.07, 6.45) is 1.48. The van der Waals surface area contributed by atoms with E-state index in [9.17, 15) is 9.59 Å². The first-order valence-electron chi connectivity index (χ1n) is 6.90. The molecule has 0 spiro atoms. The number of carbonyl (C=O) groups excluding carboxylic acids is 2. The lowest BCUT2D eigenvalue weighted by atomic mass is 10.1. The standard InChI is InChI=1S/C15H11N5O4/c16-19-18-9-23-13-6-5-10(7-17-13)8-24-20-14(21)11-3-1-2-4-12(11)15(20)22/h1-7H,8-9H2. The number of hydrogen-bond donors (Lipinski definition) is 0. The fraction of sp³-hybridized carbons (Fsp3) is 0.133. The lowest BCUT2D eigenvalue weighted by Crippen LogP contribution is -2.29. The molecule has 1 aromatic carbocycles. The Hall–Kier alpha value is -3.42. The van der Waals surface area contributed by atoms with Crippen LogP contribution in [0.2, 0.25) is 0 Å². The maximum Gasteiger partial charge on any atom is 0.285 e. The SMILES string of the molecule is [N-]=[N+]=NCOc1ccc(CON2C(=O)c3ccccc3C2=O)cn1. The van der Waals surface area contributed by atoms with Gasteiger partial charge in [-0.3, -0.25) is 14.4 Å². The lowest BCUT2D eigenvalue weighted by molar-refractivity contribution is -0.101. The quantitative estimate of drug-likeness (QED) is 0.350. The molecule has 1 aliphatic rings. The van der Waals surface area contributed by atoms with E-state index in [1.54, 1.807) is 36.4 Å². The molecule has 0 atom stereocenters. The van der Waals surface area contributed by atoms with E-state index in [1.807, 2.05) is 0 Å². The number of hydroxylamine groups is 2. The molecule has 2 heterocycles. The minimum absolute atomic E-state index is 0.00486. The second-order valence-electron chi connectivity index (χ2n) is 4.73. The van der Waals surface area contributed by atoms with Crippen molar-refractivity contribution in [2.75, 3.05) is 6.73 Å². The summed E-state index contributed by atoms with van der Waals surface area (Å²) in [6, 6.07) is 9.76. The summed E-state index contributed by atoms with van der Waals surface area (Å²) >= 11 is 0. The highest BCUT2D eigenvalue weighted by molar-refractivity contribution is 6.20. The first kappa shape index (κ1) is 15.5. The Morgan fingerprint density at radius 1 is 1.12 bits per heavy atom. The predicted octanol–water partition coefficient (Wildman–Crippen LogP) is 2.46. The molecule has 120 valence electrons. The van der Waals surface area contributed by atoms with Gasteiger partial charge >= 0.3 is 0 Å². The van der Waals surface area contributed by atoms with Crippen molar-refractivity contribution >= 4 is 11.8 Å². The van der Waals surface area contributed by atoms with Crippen LogP contribution in [0.25, 0.3) is 10.4 Å². The van der Waals surface area contributed by atoms with Crippen LogP contribution in [0.5, 0.6) is 5.88 Å². The third-order valence-electron chi connectivity index (χ3n) is 3.25. The highest BCUT2D eigenvalue weighted by Crippen LogP contribution is 2.23. The number of rotatable bonds is 6. The molecule has 2 amide bonds. The van der Waals surface area contributed by atoms with Crippen molar-refractivity contribution < 1.29 is 19.2 Å². The van der Waals surface area contributed by atoms with Crippen LogP contribution in [0.1, 0.15) is 26.3 Å². The number of benzene rings is 1. The van der Waals surface area contributed by atoms with Crippen molar-refractivity contribution in [2.24, 2.45) is 5.11 Å². The van der Waals surface area contributed by atoms with Gasteiger partial charge in [-0.15, -0.1) is 5.06 Å². The Kier molecular flexibility index (Phi) is 4.37. The average Bonchev–Trinajstić information content (AvgIpc) is 2.86. The first-order valence-corrected chi connectivity index (χ1v) is 6.90. The Morgan fingerprint density at radius 2 is 1.83 bits per heavy atom. The molecule has 0 fully saturated rings. The van der Waals surface area contributed by atoms with Gasteiger partial charge in [0.15, 0.2) is 6.73 Å². The summed E-state index contributed by atoms with van der Waals surface area (Å²) in [5.41, 5.74) is 9.44. The summed E-state index contributed by atoms with van der Waals surface area (Å²) in [6.45, 7) is -0.163. The molecule has 0 saturated carbocycles. The molecule has 0 radical (unpaired) electrons. The predicted molar refractivity (Wildman–Crippen MR) is 80.6 cm³/mol. The molecule has 9 nitrogen and oxygen atoms in total. The molecular weight excluding hydrogens is 314 g/mol. The highest BCUT2D eigenvalue weighted by Gasteiger charge is 2.36. The van der Waals surface area contributed by atoms with E-state index in [0.717, 1.165) is 5.06 Å². The molecule has 24 heavy (non-hydrogen) atoms. The van der Waals surface area contributed by atoms with Gasteiger partial charge in [0, 0.05) is 17.2 Å². The molecule has 0 saturated heterocycles. The molecule has 3 rings (SSSR count). The fourth-order valence-electron chi connectivity index (χ4n) is 2.13. The van der Waals surface area contributed by atoms with Gasteiger partial charge in [-0.25, -0.2) is 4.98 Å². The number of pyridine rings is 1. The smallest absolute Gasteiger partial charge is 0.285 e. The van der Waals surface area contributed by atoms with Gasteiger partial charge in [-0.1, -0.05) is 17.2 Å². The van der Waals surface area contributed by atoms with Gasteiger partial charge in [0.2, 0.25) is 5.88 Å². The number of imide groups is 1. The summed E-state index contributed by atoms with van der Waals surface area (Å²) in [5, 5.41) is 3.97. The van der Waals surface area contributed by atoms with Crippen LogP contribution in [0, 0.1) is 0 Å². The fourth-order valence-corrected chi connectivity index (χ4v) is 2.13. The number of nitrogens with zero attached hydrogens (tertiary/aromatic N) is 5. The average molecular weight is 325 g/mol. The van der Waals surface area contributed by atoms with E-state index >= 15 is 0 Å². The van der Waals surface area contributed by atoms with Gasteiger partial charge in [0.1, 0.15) is 6.61 Å². The van der Waals surface area contributed by atoms with Crippen LogP contribution in [0.3, 0.4) is 0 Å². The van der Waals surface area contributed by atoms with Gasteiger partial charge in [0.05, 0.1) is 11.1 Å². The van der Waals surface area contributed by atoms with Crippen LogP contribution in [0.4, 0.5) is 0 Å². The Bertz CT molecular complexity index is 795. The molecule has 0 N–H and O–H groups in total. The Balaban J connectivity index is 1.61. The molecule has 1 aromatic heterocycles. The minimum Gasteiger partial charge on any atom is -0.472 e. The Morgan fingerprint density at radius 3 is 2.42 bits per heavy atom. The van der Waals surface area contributed by atoms with E-state index in [-0.39, 0.29) is 19.2 Å². The van der Waals surface area contributed by atoms with Crippen molar-refractivity contribution in [3.63, 3.8) is 0 Å². The number of azide groups is 1. The van der Waals surface area contributed by atoms with Gasteiger partial charge < -0.3 is 4.74 Å². The van der Waals surface area contributed by atoms with Gasteiger partial charge in [-0.05, 0) is 29.3 Å². The third kappa shape index (κ3) is 3.02. The van der Waals surface area contributed by atoms with Crippen molar-refractivity contribution in [2.45, 2.75) is 6.61 Å². The van der Waals surface area contributed by atoms with E-state index in [1.165, 1.54) is 6.20 Å². The largest absolute Gasteiger partial charge is 0.472 e. The molecule has 0 unspecified atom stereocenters. The number of carbonyl (C=O) groups is 2. The lowest BCUT2D eigenvalue weighted by Gasteiger charge is -2.13. The van der Waals surface area contributed by atoms with Gasteiger partial charge in [-0.2, -0.15) is 0 Å². The van der Waals surface area contributed by atoms with Crippen molar-refractivity contribution in [1.82, 2.24) is 10.0 Å². The molecular formula is C15H11N5O4. The molecule has 0 bridgehead atoms. The zero-order valence-electron chi connectivity index (χ0n) is 12.3. The van der Waals surface area contributed by atoms with Crippen molar-refractivity contribution in [3.05, 3.63) is 69.7 Å². The summed E-state index contributed by atoms with van der Waals surface area (Å²) < 4.78 is 5.06. The second-order valence-corrected chi connectivity index (χ2v) is 4.73. The second kappa shape index (κ2) is 6.78. The number of fused-ring (bicyclic) bond motifs is 1. The number of ether oxygens (including phenoxy) is 1. The number of hydrogen-bond acceptors (Lipinski definition) is 6. The van der Waals surface area contributed by atoms with E-state index in [2.05, 4.69) is 15.0 Å². The van der Waals surface area contributed by atoms with E-state index < -0.39 is 11.8 Å². The maximum absolute atomic E-state index is 12.1. The molecule has 1 aliphatic heterocycles. The van der Waals surface area contributed by atoms with Crippen LogP contribution >= 0.6 is 0 Å². The number of amides is 2. The third-order valence-corrected chi connectivity index (χ3v) is 3.25. The summed E-state index contributed by atoms with van der Waals surface area (Å²) in [7, 11) is 0. The minimum atomic E-state index is -0.488. The summed E-state index contributed by atoms with van der Waals surface area (Å²) in [4.78, 5) is 36.1. The monoisotopic (exact) mass is 325 g/mol. The van der Waals surface area contributed by atoms with Gasteiger partial charge in [0.25, 0.3) is 11.8 Å². The van der Waals surface area contributed by atoms with E-state index in [0.29, 0.717) is 16.7 Å². The van der Waals surface area contributed by atoms with Crippen LogP contribution in [-0.2, 0) is 11.4 Å². The highest BCUT2D eigenvalue weighted by atomic mass is 16.7. The van der Waals surface area contributed by atoms with Crippen LogP contribution in [0.15, 0.2) is 47.7 Å². The van der Waals surface area contributed by atoms with Crippen molar-refractivity contribution in [1.29, 1.82) is 0 Å². The van der Waals surface area contributed by atoms with E-state index in [4.69, 9.17) is 15.1 Å². The topological polar surface area (TPSA) is 117 Å². The summed E-state index contributed by atoms with van der Waals surface area (Å²) in [5.74, 6) is -0.692. The zero-order chi connectivity index (χ0) is 16.9. The molecule has 9 heteroatoms. The van der Waals surface area contributed by atoms with Crippen LogP contribution < -0.4 is 4.74 Å². The Labute approximate surface area is 136 Å². The zero-order valence-corrected chi connectivity index (χ0v) is 12.3. The normalized spacial score (nSPS) is 12.8.